The van der Waals surface area contributed by atoms with Gasteiger partial charge in [-0.05, 0) is 43.5 Å². The van der Waals surface area contributed by atoms with E-state index in [-0.39, 0.29) is 6.10 Å². The number of sulfonamides is 1. The minimum absolute atomic E-state index is 0.0701. The van der Waals surface area contributed by atoms with E-state index in [2.05, 4.69) is 0 Å². The molecule has 0 unspecified atom stereocenters. The zero-order valence-electron chi connectivity index (χ0n) is 13.2. The molecule has 0 amide bonds. The SMILES string of the molecule is Cc1ccccc1S(=O)(=O)N1CCC(Oc2ccccc2)CC1. The van der Waals surface area contributed by atoms with Crippen molar-refractivity contribution in [3.63, 3.8) is 0 Å². The van der Waals surface area contributed by atoms with Crippen LogP contribution in [0.3, 0.4) is 0 Å². The van der Waals surface area contributed by atoms with Crippen LogP contribution in [-0.4, -0.2) is 31.9 Å². The fraction of sp³-hybridized carbons (Fsp3) is 0.333. The van der Waals surface area contributed by atoms with E-state index >= 15 is 0 Å². The molecule has 1 heterocycles. The Balaban J connectivity index is 1.66. The van der Waals surface area contributed by atoms with Crippen LogP contribution in [0.1, 0.15) is 18.4 Å². The van der Waals surface area contributed by atoms with Gasteiger partial charge in [0, 0.05) is 13.1 Å². The molecule has 1 saturated heterocycles. The number of para-hydroxylation sites is 1. The number of rotatable bonds is 4. The molecule has 0 bridgehead atoms. The first kappa shape index (κ1) is 16.0. The molecule has 4 nitrogen and oxygen atoms in total. The lowest BCUT2D eigenvalue weighted by Crippen LogP contribution is -2.41. The third-order valence-electron chi connectivity index (χ3n) is 4.16. The maximum atomic E-state index is 12.8. The van der Waals surface area contributed by atoms with Crippen LogP contribution < -0.4 is 4.74 Å². The first-order valence-electron chi connectivity index (χ1n) is 7.85. The molecule has 1 aliphatic rings. The summed E-state index contributed by atoms with van der Waals surface area (Å²) in [5.41, 5.74) is 0.787. The van der Waals surface area contributed by atoms with Gasteiger partial charge >= 0.3 is 0 Å². The van der Waals surface area contributed by atoms with Crippen LogP contribution in [0.15, 0.2) is 59.5 Å². The van der Waals surface area contributed by atoms with Gasteiger partial charge in [0.05, 0.1) is 4.90 Å². The molecule has 2 aromatic rings. The van der Waals surface area contributed by atoms with Gasteiger partial charge in [0.25, 0.3) is 0 Å². The number of hydrogen-bond acceptors (Lipinski definition) is 3. The van der Waals surface area contributed by atoms with Crippen molar-refractivity contribution < 1.29 is 13.2 Å². The van der Waals surface area contributed by atoms with Gasteiger partial charge in [-0.15, -0.1) is 0 Å². The second-order valence-electron chi connectivity index (χ2n) is 5.80. The fourth-order valence-electron chi connectivity index (χ4n) is 2.87. The molecule has 1 fully saturated rings. The minimum Gasteiger partial charge on any atom is -0.490 e. The van der Waals surface area contributed by atoms with Gasteiger partial charge in [0.1, 0.15) is 11.9 Å². The Morgan fingerprint density at radius 1 is 0.957 bits per heavy atom. The molecular formula is C18H21NO3S. The molecular weight excluding hydrogens is 310 g/mol. The van der Waals surface area contributed by atoms with Gasteiger partial charge in [-0.1, -0.05) is 36.4 Å². The van der Waals surface area contributed by atoms with Crippen LogP contribution in [0.2, 0.25) is 0 Å². The maximum absolute atomic E-state index is 12.8. The van der Waals surface area contributed by atoms with Crippen molar-refractivity contribution in [3.8, 4) is 5.75 Å². The summed E-state index contributed by atoms with van der Waals surface area (Å²) in [4.78, 5) is 0.405. The van der Waals surface area contributed by atoms with E-state index in [9.17, 15) is 8.42 Å². The Labute approximate surface area is 137 Å². The highest BCUT2D eigenvalue weighted by Crippen LogP contribution is 2.25. The van der Waals surface area contributed by atoms with Crippen molar-refractivity contribution in [2.75, 3.05) is 13.1 Å². The highest BCUT2D eigenvalue weighted by Gasteiger charge is 2.30. The van der Waals surface area contributed by atoms with Crippen molar-refractivity contribution in [2.24, 2.45) is 0 Å². The van der Waals surface area contributed by atoms with Crippen LogP contribution in [0, 0.1) is 6.92 Å². The monoisotopic (exact) mass is 331 g/mol. The average Bonchev–Trinajstić information content (AvgIpc) is 2.56. The van der Waals surface area contributed by atoms with E-state index in [0.29, 0.717) is 30.8 Å². The lowest BCUT2D eigenvalue weighted by molar-refractivity contribution is 0.135. The normalized spacial score (nSPS) is 17.1. The Hall–Kier alpha value is -1.85. The summed E-state index contributed by atoms with van der Waals surface area (Å²) >= 11 is 0. The number of ether oxygens (including phenoxy) is 1. The molecule has 0 aliphatic carbocycles. The molecule has 122 valence electrons. The lowest BCUT2D eigenvalue weighted by atomic mass is 10.1. The summed E-state index contributed by atoms with van der Waals surface area (Å²) in [7, 11) is -3.41. The van der Waals surface area contributed by atoms with Crippen LogP contribution in [0.5, 0.6) is 5.75 Å². The van der Waals surface area contributed by atoms with E-state index in [4.69, 9.17) is 4.74 Å². The smallest absolute Gasteiger partial charge is 0.243 e. The Morgan fingerprint density at radius 2 is 1.57 bits per heavy atom. The topological polar surface area (TPSA) is 46.6 Å². The maximum Gasteiger partial charge on any atom is 0.243 e. The van der Waals surface area contributed by atoms with Crippen LogP contribution >= 0.6 is 0 Å². The number of aryl methyl sites for hydroxylation is 1. The highest BCUT2D eigenvalue weighted by molar-refractivity contribution is 7.89. The quantitative estimate of drug-likeness (QED) is 0.864. The van der Waals surface area contributed by atoms with Crippen LogP contribution in [-0.2, 0) is 10.0 Å². The zero-order chi connectivity index (χ0) is 16.3. The van der Waals surface area contributed by atoms with E-state index in [1.807, 2.05) is 49.4 Å². The van der Waals surface area contributed by atoms with Crippen molar-refractivity contribution in [1.82, 2.24) is 4.31 Å². The molecule has 3 rings (SSSR count). The first-order valence-corrected chi connectivity index (χ1v) is 9.29. The largest absolute Gasteiger partial charge is 0.490 e. The summed E-state index contributed by atoms with van der Waals surface area (Å²) in [6, 6.07) is 16.8. The van der Waals surface area contributed by atoms with Crippen molar-refractivity contribution >= 4 is 10.0 Å². The molecule has 5 heteroatoms. The number of piperidine rings is 1. The number of benzene rings is 2. The molecule has 0 N–H and O–H groups in total. The second kappa shape index (κ2) is 6.72. The zero-order valence-corrected chi connectivity index (χ0v) is 14.0. The van der Waals surface area contributed by atoms with Crippen molar-refractivity contribution in [3.05, 3.63) is 60.2 Å². The molecule has 0 saturated carbocycles. The Morgan fingerprint density at radius 3 is 2.22 bits per heavy atom. The van der Waals surface area contributed by atoms with E-state index in [1.165, 1.54) is 0 Å². The van der Waals surface area contributed by atoms with Crippen LogP contribution in [0.4, 0.5) is 0 Å². The van der Waals surface area contributed by atoms with Gasteiger partial charge in [-0.25, -0.2) is 8.42 Å². The number of nitrogens with zero attached hydrogens (tertiary/aromatic N) is 1. The first-order chi connectivity index (χ1) is 11.1. The molecule has 1 aliphatic heterocycles. The second-order valence-corrected chi connectivity index (χ2v) is 7.71. The van der Waals surface area contributed by atoms with E-state index in [0.717, 1.165) is 11.3 Å². The third-order valence-corrected chi connectivity index (χ3v) is 6.22. The predicted octanol–water partition coefficient (Wildman–Crippen LogP) is 3.23. The molecule has 0 spiro atoms. The Kier molecular flexibility index (Phi) is 4.68. The highest BCUT2D eigenvalue weighted by atomic mass is 32.2. The van der Waals surface area contributed by atoms with Crippen LogP contribution in [0.25, 0.3) is 0 Å². The van der Waals surface area contributed by atoms with Gasteiger partial charge in [-0.2, -0.15) is 4.31 Å². The van der Waals surface area contributed by atoms with Gasteiger partial charge < -0.3 is 4.74 Å². The number of hydrogen-bond donors (Lipinski definition) is 0. The summed E-state index contributed by atoms with van der Waals surface area (Å²) in [5, 5.41) is 0. The molecule has 0 atom stereocenters. The van der Waals surface area contributed by atoms with Crippen molar-refractivity contribution in [1.29, 1.82) is 0 Å². The fourth-order valence-corrected chi connectivity index (χ4v) is 4.56. The average molecular weight is 331 g/mol. The summed E-state index contributed by atoms with van der Waals surface area (Å²) in [6.07, 6.45) is 1.49. The molecule has 0 radical (unpaired) electrons. The standard InChI is InChI=1S/C18H21NO3S/c1-15-7-5-6-10-18(15)23(20,21)19-13-11-17(12-14-19)22-16-8-3-2-4-9-16/h2-10,17H,11-14H2,1H3. The van der Waals surface area contributed by atoms with Crippen molar-refractivity contribution in [2.45, 2.75) is 30.8 Å². The summed E-state index contributed by atoms with van der Waals surface area (Å²) in [6.45, 7) is 2.82. The van der Waals surface area contributed by atoms with E-state index in [1.54, 1.807) is 16.4 Å². The Bertz CT molecular complexity index is 751. The molecule has 2 aromatic carbocycles. The third kappa shape index (κ3) is 3.57. The van der Waals surface area contributed by atoms with Gasteiger partial charge in [0.2, 0.25) is 10.0 Å². The molecule has 23 heavy (non-hydrogen) atoms. The minimum atomic E-state index is -3.41. The van der Waals surface area contributed by atoms with Gasteiger partial charge in [-0.3, -0.25) is 0 Å². The predicted molar refractivity (Wildman–Crippen MR) is 90.0 cm³/mol. The molecule has 0 aromatic heterocycles. The van der Waals surface area contributed by atoms with Gasteiger partial charge in [0.15, 0.2) is 0 Å². The van der Waals surface area contributed by atoms with E-state index < -0.39 is 10.0 Å². The summed E-state index contributed by atoms with van der Waals surface area (Å²) < 4.78 is 33.0. The lowest BCUT2D eigenvalue weighted by Gasteiger charge is -2.31. The summed E-state index contributed by atoms with van der Waals surface area (Å²) in [5.74, 6) is 0.840.